The predicted octanol–water partition coefficient (Wildman–Crippen LogP) is 1.74. The Balaban J connectivity index is 1.69. The maximum absolute atomic E-state index is 5.33. The lowest BCUT2D eigenvalue weighted by atomic mass is 9.77. The summed E-state index contributed by atoms with van der Waals surface area (Å²) in [5.74, 6) is 0. The Hall–Kier alpha value is -0.280. The van der Waals surface area contributed by atoms with Crippen molar-refractivity contribution in [1.82, 2.24) is 15.9 Å². The van der Waals surface area contributed by atoms with E-state index in [1.807, 2.05) is 18.9 Å². The SMILES string of the molecule is CC1(C)CN(ONON2CCCCC2)OOC1(C)C. The summed E-state index contributed by atoms with van der Waals surface area (Å²) in [6.45, 7) is 10.5. The molecule has 2 heterocycles. The Morgan fingerprint density at radius 3 is 2.32 bits per heavy atom. The van der Waals surface area contributed by atoms with Crippen LogP contribution in [0.2, 0.25) is 0 Å². The molecular weight excluding hydrogens is 250 g/mol. The van der Waals surface area contributed by atoms with Gasteiger partial charge in [0.15, 0.2) is 0 Å². The Labute approximate surface area is 114 Å². The fraction of sp³-hybridized carbons (Fsp3) is 1.00. The van der Waals surface area contributed by atoms with E-state index in [0.717, 1.165) is 25.9 Å². The molecule has 0 aromatic heterocycles. The number of nitrogens with zero attached hydrogens (tertiary/aromatic N) is 2. The summed E-state index contributed by atoms with van der Waals surface area (Å²) in [5.41, 5.74) is 1.95. The molecule has 0 unspecified atom stereocenters. The average Bonchev–Trinajstić information content (AvgIpc) is 2.35. The van der Waals surface area contributed by atoms with Crippen LogP contribution in [0.4, 0.5) is 0 Å². The number of hydroxylamine groups is 4. The first-order chi connectivity index (χ1) is 8.91. The highest BCUT2D eigenvalue weighted by atomic mass is 17.4. The second-order valence-corrected chi connectivity index (χ2v) is 6.30. The van der Waals surface area contributed by atoms with Gasteiger partial charge in [-0.15, -0.1) is 4.99 Å². The molecule has 112 valence electrons. The van der Waals surface area contributed by atoms with Gasteiger partial charge in [0.05, 0.1) is 6.54 Å². The van der Waals surface area contributed by atoms with Gasteiger partial charge in [0, 0.05) is 18.5 Å². The molecule has 2 rings (SSSR count). The van der Waals surface area contributed by atoms with Crippen molar-refractivity contribution in [2.45, 2.75) is 52.6 Å². The normalized spacial score (nSPS) is 28.4. The minimum Gasteiger partial charge on any atom is -0.209 e. The van der Waals surface area contributed by atoms with Crippen molar-refractivity contribution in [3.8, 4) is 0 Å². The minimum atomic E-state index is -0.374. The first-order valence-corrected chi connectivity index (χ1v) is 6.88. The van der Waals surface area contributed by atoms with Gasteiger partial charge in [0.25, 0.3) is 0 Å². The van der Waals surface area contributed by atoms with E-state index < -0.39 is 0 Å². The molecule has 0 spiro atoms. The number of hydrogen-bond donors (Lipinski definition) is 1. The second kappa shape index (κ2) is 6.01. The minimum absolute atomic E-state index is 0.113. The van der Waals surface area contributed by atoms with Gasteiger partial charge in [-0.05, 0) is 37.6 Å². The van der Waals surface area contributed by atoms with Crippen molar-refractivity contribution >= 4 is 0 Å². The van der Waals surface area contributed by atoms with Crippen LogP contribution in [0, 0.1) is 5.41 Å². The molecule has 2 aliphatic heterocycles. The molecule has 0 aromatic rings. The molecule has 0 aromatic carbocycles. The van der Waals surface area contributed by atoms with Crippen molar-refractivity contribution in [1.29, 1.82) is 0 Å². The van der Waals surface area contributed by atoms with Crippen LogP contribution < -0.4 is 5.64 Å². The lowest BCUT2D eigenvalue weighted by molar-refractivity contribution is -0.608. The zero-order chi connectivity index (χ0) is 13.9. The quantitative estimate of drug-likeness (QED) is 0.619. The smallest absolute Gasteiger partial charge is 0.107 e. The summed E-state index contributed by atoms with van der Waals surface area (Å²) < 4.78 is 0. The summed E-state index contributed by atoms with van der Waals surface area (Å²) in [6.07, 6.45) is 3.55. The summed E-state index contributed by atoms with van der Waals surface area (Å²) >= 11 is 0. The second-order valence-electron chi connectivity index (χ2n) is 6.30. The van der Waals surface area contributed by atoms with E-state index in [1.54, 1.807) is 0 Å². The highest BCUT2D eigenvalue weighted by molar-refractivity contribution is 4.88. The molecular formula is C12H25N3O4. The fourth-order valence-corrected chi connectivity index (χ4v) is 1.90. The molecule has 2 saturated heterocycles. The van der Waals surface area contributed by atoms with Gasteiger partial charge in [0.2, 0.25) is 0 Å². The van der Waals surface area contributed by atoms with Crippen molar-refractivity contribution in [2.75, 3.05) is 19.6 Å². The third-order valence-corrected chi connectivity index (χ3v) is 4.10. The van der Waals surface area contributed by atoms with Gasteiger partial charge in [-0.1, -0.05) is 20.3 Å². The van der Waals surface area contributed by atoms with Gasteiger partial charge >= 0.3 is 0 Å². The summed E-state index contributed by atoms with van der Waals surface area (Å²) in [6, 6.07) is 0. The molecule has 0 radical (unpaired) electrons. The van der Waals surface area contributed by atoms with E-state index in [2.05, 4.69) is 19.5 Å². The first kappa shape index (κ1) is 15.1. The molecule has 0 bridgehead atoms. The molecule has 0 amide bonds. The van der Waals surface area contributed by atoms with Gasteiger partial charge in [-0.3, -0.25) is 0 Å². The zero-order valence-electron chi connectivity index (χ0n) is 12.3. The van der Waals surface area contributed by atoms with Crippen molar-refractivity contribution in [2.24, 2.45) is 5.41 Å². The van der Waals surface area contributed by atoms with E-state index >= 15 is 0 Å². The van der Waals surface area contributed by atoms with Gasteiger partial charge < -0.3 is 0 Å². The van der Waals surface area contributed by atoms with Crippen LogP contribution >= 0.6 is 0 Å². The van der Waals surface area contributed by atoms with Crippen molar-refractivity contribution in [3.63, 3.8) is 0 Å². The fourth-order valence-electron chi connectivity index (χ4n) is 1.90. The van der Waals surface area contributed by atoms with Gasteiger partial charge in [-0.2, -0.15) is 14.9 Å². The standard InChI is InChI=1S/C12H25N3O4/c1-11(2)10-15(19-16-12(11,3)4)18-13-17-14-8-6-5-7-9-14/h13H,5-10H2,1-4H3. The number of hydrogen-bond acceptors (Lipinski definition) is 7. The monoisotopic (exact) mass is 275 g/mol. The maximum atomic E-state index is 5.33. The van der Waals surface area contributed by atoms with Crippen LogP contribution in [0.5, 0.6) is 0 Å². The topological polar surface area (TPSA) is 55.4 Å². The number of piperidine rings is 1. The number of rotatable bonds is 4. The van der Waals surface area contributed by atoms with Gasteiger partial charge in [-0.25, -0.2) is 4.89 Å². The first-order valence-electron chi connectivity index (χ1n) is 6.88. The Morgan fingerprint density at radius 1 is 1.00 bits per heavy atom. The van der Waals surface area contributed by atoms with Crippen LogP contribution in [0.25, 0.3) is 0 Å². The van der Waals surface area contributed by atoms with Crippen molar-refractivity contribution < 1.29 is 19.8 Å². The molecule has 7 heteroatoms. The van der Waals surface area contributed by atoms with Crippen LogP contribution in [-0.4, -0.2) is 35.5 Å². The lowest BCUT2D eigenvalue weighted by Gasteiger charge is -2.45. The average molecular weight is 275 g/mol. The zero-order valence-corrected chi connectivity index (χ0v) is 12.3. The van der Waals surface area contributed by atoms with E-state index in [9.17, 15) is 0 Å². The molecule has 0 aliphatic carbocycles. The Bertz CT molecular complexity index is 293. The van der Waals surface area contributed by atoms with Crippen LogP contribution in [0.3, 0.4) is 0 Å². The van der Waals surface area contributed by atoms with Crippen molar-refractivity contribution in [3.05, 3.63) is 0 Å². The summed E-state index contributed by atoms with van der Waals surface area (Å²) in [7, 11) is 0. The number of nitrogens with one attached hydrogen (secondary N) is 1. The highest BCUT2D eigenvalue weighted by Gasteiger charge is 2.46. The van der Waals surface area contributed by atoms with Gasteiger partial charge in [0.1, 0.15) is 5.60 Å². The molecule has 7 nitrogen and oxygen atoms in total. The molecule has 2 aliphatic rings. The molecule has 0 atom stereocenters. The van der Waals surface area contributed by atoms with E-state index in [1.165, 1.54) is 11.6 Å². The van der Waals surface area contributed by atoms with E-state index in [-0.39, 0.29) is 11.0 Å². The van der Waals surface area contributed by atoms with Crippen LogP contribution in [0.1, 0.15) is 47.0 Å². The lowest BCUT2D eigenvalue weighted by Crippen LogP contribution is -2.55. The summed E-state index contributed by atoms with van der Waals surface area (Å²) in [5, 5.41) is 3.08. The van der Waals surface area contributed by atoms with Crippen LogP contribution in [-0.2, 0) is 19.8 Å². The van der Waals surface area contributed by atoms with E-state index in [0.29, 0.717) is 6.54 Å². The maximum Gasteiger partial charge on any atom is 0.107 e. The predicted molar refractivity (Wildman–Crippen MR) is 67.5 cm³/mol. The van der Waals surface area contributed by atoms with Crippen LogP contribution in [0.15, 0.2) is 0 Å². The highest BCUT2D eigenvalue weighted by Crippen LogP contribution is 2.38. The van der Waals surface area contributed by atoms with E-state index in [4.69, 9.17) is 19.8 Å². The summed E-state index contributed by atoms with van der Waals surface area (Å²) in [4.78, 5) is 20.9. The molecule has 2 fully saturated rings. The molecule has 0 saturated carbocycles. The Kier molecular flexibility index (Phi) is 4.78. The third kappa shape index (κ3) is 3.85. The largest absolute Gasteiger partial charge is 0.209 e. The molecule has 1 N–H and O–H groups in total. The Morgan fingerprint density at radius 2 is 1.68 bits per heavy atom. The third-order valence-electron chi connectivity index (χ3n) is 4.10. The molecule has 19 heavy (non-hydrogen) atoms.